The van der Waals surface area contributed by atoms with Gasteiger partial charge in [-0.3, -0.25) is 4.79 Å². The monoisotopic (exact) mass is 413 g/mol. The van der Waals surface area contributed by atoms with E-state index in [9.17, 15) is 4.79 Å². The molecule has 0 aliphatic carbocycles. The van der Waals surface area contributed by atoms with Gasteiger partial charge in [0.25, 0.3) is 5.91 Å². The van der Waals surface area contributed by atoms with Gasteiger partial charge in [-0.1, -0.05) is 28.1 Å². The van der Waals surface area contributed by atoms with E-state index in [1.807, 2.05) is 0 Å². The van der Waals surface area contributed by atoms with E-state index < -0.39 is 0 Å². The predicted octanol–water partition coefficient (Wildman–Crippen LogP) is 3.49. The molecule has 2 rings (SSSR count). The van der Waals surface area contributed by atoms with Crippen molar-refractivity contribution in [1.82, 2.24) is 4.98 Å². The van der Waals surface area contributed by atoms with Gasteiger partial charge in [0.1, 0.15) is 10.7 Å². The number of nitrogens with two attached hydrogens (primary N) is 1. The highest BCUT2D eigenvalue weighted by Gasteiger charge is 2.14. The summed E-state index contributed by atoms with van der Waals surface area (Å²) in [5.41, 5.74) is 7.09. The Bertz CT molecular complexity index is 691. The fourth-order valence-electron chi connectivity index (χ4n) is 1.56. The predicted molar refractivity (Wildman–Crippen MR) is 89.9 cm³/mol. The van der Waals surface area contributed by atoms with Gasteiger partial charge in [0.2, 0.25) is 0 Å². The molecular formula is C13H9Br2N3OS. The Hall–Kier alpha value is -1.31. The lowest BCUT2D eigenvalue weighted by molar-refractivity contribution is 0.102. The van der Waals surface area contributed by atoms with E-state index in [-0.39, 0.29) is 10.9 Å². The Morgan fingerprint density at radius 2 is 2.05 bits per heavy atom. The van der Waals surface area contributed by atoms with Gasteiger partial charge >= 0.3 is 0 Å². The second-order valence-corrected chi connectivity index (χ2v) is 6.05. The van der Waals surface area contributed by atoms with Crippen molar-refractivity contribution in [3.63, 3.8) is 0 Å². The van der Waals surface area contributed by atoms with Crippen LogP contribution in [0.5, 0.6) is 0 Å². The van der Waals surface area contributed by atoms with Gasteiger partial charge in [-0.05, 0) is 46.3 Å². The summed E-state index contributed by atoms with van der Waals surface area (Å²) in [7, 11) is 0. The van der Waals surface area contributed by atoms with Crippen LogP contribution in [-0.4, -0.2) is 15.9 Å². The number of nitrogens with one attached hydrogen (secondary N) is 1. The van der Waals surface area contributed by atoms with Crippen molar-refractivity contribution in [2.45, 2.75) is 0 Å². The van der Waals surface area contributed by atoms with E-state index in [0.29, 0.717) is 21.4 Å². The van der Waals surface area contributed by atoms with E-state index in [0.717, 1.165) is 4.47 Å². The highest BCUT2D eigenvalue weighted by Crippen LogP contribution is 2.22. The molecule has 0 saturated carbocycles. The summed E-state index contributed by atoms with van der Waals surface area (Å²) in [4.78, 5) is 16.4. The molecule has 20 heavy (non-hydrogen) atoms. The molecule has 0 aliphatic rings. The number of benzene rings is 1. The molecule has 1 aromatic carbocycles. The molecule has 2 aromatic rings. The Morgan fingerprint density at radius 3 is 2.70 bits per heavy atom. The number of nitrogens with zero attached hydrogens (tertiary/aromatic N) is 1. The second-order valence-electron chi connectivity index (χ2n) is 3.84. The number of anilines is 1. The molecule has 0 fully saturated rings. The molecule has 102 valence electrons. The first-order valence-corrected chi connectivity index (χ1v) is 7.49. The first-order chi connectivity index (χ1) is 9.49. The summed E-state index contributed by atoms with van der Waals surface area (Å²) in [6, 6.07) is 8.77. The molecule has 1 aromatic heterocycles. The Kier molecular flexibility index (Phi) is 4.85. The lowest BCUT2D eigenvalue weighted by Gasteiger charge is -2.11. The van der Waals surface area contributed by atoms with Crippen molar-refractivity contribution in [3.8, 4) is 0 Å². The number of amides is 1. The van der Waals surface area contributed by atoms with Crippen molar-refractivity contribution in [3.05, 3.63) is 56.7 Å². The molecule has 0 saturated heterocycles. The molecule has 0 atom stereocenters. The molecule has 0 spiro atoms. The largest absolute Gasteiger partial charge is 0.389 e. The van der Waals surface area contributed by atoms with E-state index in [1.54, 1.807) is 36.5 Å². The molecule has 4 nitrogen and oxygen atoms in total. The van der Waals surface area contributed by atoms with E-state index in [2.05, 4.69) is 42.2 Å². The number of aromatic nitrogens is 1. The van der Waals surface area contributed by atoms with Crippen LogP contribution in [-0.2, 0) is 0 Å². The first-order valence-electron chi connectivity index (χ1n) is 5.50. The van der Waals surface area contributed by atoms with Crippen molar-refractivity contribution in [1.29, 1.82) is 0 Å². The highest BCUT2D eigenvalue weighted by molar-refractivity contribution is 9.10. The molecule has 0 unspecified atom stereocenters. The van der Waals surface area contributed by atoms with Crippen LogP contribution in [0.25, 0.3) is 0 Å². The van der Waals surface area contributed by atoms with Gasteiger partial charge in [0.05, 0.1) is 5.69 Å². The topological polar surface area (TPSA) is 68.0 Å². The highest BCUT2D eigenvalue weighted by atomic mass is 79.9. The fraction of sp³-hybridized carbons (Fsp3) is 0. The second kappa shape index (κ2) is 6.43. The third-order valence-electron chi connectivity index (χ3n) is 2.47. The minimum Gasteiger partial charge on any atom is -0.389 e. The number of halogens is 2. The Balaban J connectivity index is 2.33. The van der Waals surface area contributed by atoms with Crippen LogP contribution >= 0.6 is 44.1 Å². The molecule has 1 amide bonds. The quantitative estimate of drug-likeness (QED) is 0.754. The van der Waals surface area contributed by atoms with Crippen molar-refractivity contribution >= 4 is 60.7 Å². The molecular weight excluding hydrogens is 406 g/mol. The summed E-state index contributed by atoms with van der Waals surface area (Å²) in [6.45, 7) is 0. The lowest BCUT2D eigenvalue weighted by atomic mass is 10.1. The summed E-state index contributed by atoms with van der Waals surface area (Å²) < 4.78 is 1.45. The van der Waals surface area contributed by atoms with Gasteiger partial charge < -0.3 is 11.1 Å². The van der Waals surface area contributed by atoms with Gasteiger partial charge in [0, 0.05) is 20.7 Å². The van der Waals surface area contributed by atoms with Crippen LogP contribution < -0.4 is 11.1 Å². The zero-order valence-electron chi connectivity index (χ0n) is 10.1. The minimum absolute atomic E-state index is 0.210. The van der Waals surface area contributed by atoms with Gasteiger partial charge in [-0.2, -0.15) is 0 Å². The first kappa shape index (κ1) is 15.1. The summed E-state index contributed by atoms with van der Waals surface area (Å²) >= 11 is 11.6. The smallest absolute Gasteiger partial charge is 0.275 e. The summed E-state index contributed by atoms with van der Waals surface area (Å²) in [6.07, 6.45) is 1.55. The van der Waals surface area contributed by atoms with E-state index in [1.165, 1.54) is 0 Å². The molecule has 7 heteroatoms. The Labute approximate surface area is 138 Å². The fourth-order valence-corrected chi connectivity index (χ4v) is 2.53. The number of thiocarbonyl (C=S) groups is 1. The van der Waals surface area contributed by atoms with E-state index in [4.69, 9.17) is 18.0 Å². The summed E-state index contributed by atoms with van der Waals surface area (Å²) in [5, 5.41) is 2.76. The van der Waals surface area contributed by atoms with Crippen LogP contribution in [0.1, 0.15) is 16.1 Å². The molecule has 0 radical (unpaired) electrons. The van der Waals surface area contributed by atoms with E-state index >= 15 is 0 Å². The molecule has 0 bridgehead atoms. The minimum atomic E-state index is -0.336. The van der Waals surface area contributed by atoms with Gasteiger partial charge in [-0.25, -0.2) is 4.98 Å². The maximum atomic E-state index is 12.2. The lowest BCUT2D eigenvalue weighted by Crippen LogP contribution is -2.18. The number of pyridine rings is 1. The maximum Gasteiger partial charge on any atom is 0.275 e. The summed E-state index contributed by atoms with van der Waals surface area (Å²) in [5.74, 6) is -0.336. The third kappa shape index (κ3) is 3.41. The van der Waals surface area contributed by atoms with Crippen molar-refractivity contribution in [2.24, 2.45) is 5.73 Å². The SMILES string of the molecule is NC(=S)c1cc(Br)ccc1NC(=O)c1ncccc1Br. The van der Waals surface area contributed by atoms with Crippen LogP contribution in [0.3, 0.4) is 0 Å². The average molecular weight is 415 g/mol. The van der Waals surface area contributed by atoms with Crippen LogP contribution in [0.4, 0.5) is 5.69 Å². The zero-order valence-corrected chi connectivity index (χ0v) is 14.0. The Morgan fingerprint density at radius 1 is 1.30 bits per heavy atom. The number of carbonyl (C=O) groups is 1. The zero-order chi connectivity index (χ0) is 14.7. The molecule has 0 aliphatic heterocycles. The third-order valence-corrected chi connectivity index (χ3v) is 3.82. The molecule has 3 N–H and O–H groups in total. The molecule has 1 heterocycles. The van der Waals surface area contributed by atoms with Crippen LogP contribution in [0.2, 0.25) is 0 Å². The van der Waals surface area contributed by atoms with Crippen LogP contribution in [0, 0.1) is 0 Å². The number of hydrogen-bond donors (Lipinski definition) is 2. The van der Waals surface area contributed by atoms with Crippen molar-refractivity contribution < 1.29 is 4.79 Å². The number of hydrogen-bond acceptors (Lipinski definition) is 3. The standard InChI is InChI=1S/C13H9Br2N3OS/c14-7-3-4-10(8(6-7)12(16)20)18-13(19)11-9(15)2-1-5-17-11/h1-6H,(H2,16,20)(H,18,19). The average Bonchev–Trinajstić information content (AvgIpc) is 2.41. The van der Waals surface area contributed by atoms with Crippen molar-refractivity contribution in [2.75, 3.05) is 5.32 Å². The van der Waals surface area contributed by atoms with Gasteiger partial charge in [0.15, 0.2) is 0 Å². The maximum absolute atomic E-state index is 12.2. The normalized spacial score (nSPS) is 10.1. The van der Waals surface area contributed by atoms with Gasteiger partial charge in [-0.15, -0.1) is 0 Å². The van der Waals surface area contributed by atoms with Crippen LogP contribution in [0.15, 0.2) is 45.5 Å². The number of carbonyl (C=O) groups excluding carboxylic acids is 1. The number of rotatable bonds is 3.